The Kier molecular flexibility index (Phi) is 4.14. The van der Waals surface area contributed by atoms with Crippen LogP contribution in [0, 0.1) is 5.92 Å². The molecule has 82 valence electrons. The lowest BCUT2D eigenvalue weighted by atomic mass is 10.0. The number of hydrogen-bond acceptors (Lipinski definition) is 3. The van der Waals surface area contributed by atoms with E-state index in [0.29, 0.717) is 0 Å². The molecule has 0 aromatic rings. The first-order chi connectivity index (χ1) is 6.90. The minimum absolute atomic E-state index is 0.799. The van der Waals surface area contributed by atoms with E-state index in [1.165, 1.54) is 31.4 Å². The maximum Gasteiger partial charge on any atom is 0.0607 e. The first kappa shape index (κ1) is 10.8. The largest absolute Gasteiger partial charge is 0.379 e. The van der Waals surface area contributed by atoms with Gasteiger partial charge in [0.2, 0.25) is 0 Å². The van der Waals surface area contributed by atoms with Crippen molar-refractivity contribution in [1.82, 2.24) is 5.32 Å². The van der Waals surface area contributed by atoms with Crippen LogP contribution in [0.25, 0.3) is 0 Å². The summed E-state index contributed by atoms with van der Waals surface area (Å²) in [4.78, 5) is 0. The van der Waals surface area contributed by atoms with Gasteiger partial charge in [0, 0.05) is 6.04 Å². The van der Waals surface area contributed by atoms with Crippen LogP contribution in [0.4, 0.5) is 0 Å². The number of nitrogens with one attached hydrogen (secondary N) is 1. The van der Waals surface area contributed by atoms with Crippen molar-refractivity contribution in [2.45, 2.75) is 37.0 Å². The van der Waals surface area contributed by atoms with Crippen LogP contribution in [0.15, 0.2) is 0 Å². The van der Waals surface area contributed by atoms with Crippen LogP contribution in [0.1, 0.15) is 25.7 Å². The molecule has 2 unspecified atom stereocenters. The summed E-state index contributed by atoms with van der Waals surface area (Å²) in [5.74, 6) is 2.27. The average molecular weight is 215 g/mol. The van der Waals surface area contributed by atoms with Gasteiger partial charge < -0.3 is 10.1 Å². The van der Waals surface area contributed by atoms with Gasteiger partial charge in [-0.3, -0.25) is 0 Å². The quantitative estimate of drug-likeness (QED) is 0.757. The second kappa shape index (κ2) is 5.38. The van der Waals surface area contributed by atoms with Crippen molar-refractivity contribution in [3.63, 3.8) is 0 Å². The SMILES string of the molecule is CNC1CCCC1CCSC1COC1. The molecule has 14 heavy (non-hydrogen) atoms. The fourth-order valence-corrected chi connectivity index (χ4v) is 3.62. The van der Waals surface area contributed by atoms with E-state index in [-0.39, 0.29) is 0 Å². The Morgan fingerprint density at radius 1 is 1.36 bits per heavy atom. The van der Waals surface area contributed by atoms with Crippen LogP contribution >= 0.6 is 11.8 Å². The van der Waals surface area contributed by atoms with Gasteiger partial charge in [0.25, 0.3) is 0 Å². The number of thioether (sulfide) groups is 1. The van der Waals surface area contributed by atoms with E-state index in [2.05, 4.69) is 24.1 Å². The molecule has 1 aliphatic heterocycles. The maximum absolute atomic E-state index is 5.17. The molecule has 1 N–H and O–H groups in total. The lowest BCUT2D eigenvalue weighted by Crippen LogP contribution is -2.32. The van der Waals surface area contributed by atoms with Crippen molar-refractivity contribution in [3.05, 3.63) is 0 Å². The molecular weight excluding hydrogens is 194 g/mol. The fourth-order valence-electron chi connectivity index (χ4n) is 2.46. The van der Waals surface area contributed by atoms with Crippen LogP contribution in [0.2, 0.25) is 0 Å². The van der Waals surface area contributed by atoms with Gasteiger partial charge in [0.1, 0.15) is 0 Å². The van der Waals surface area contributed by atoms with Crippen LogP contribution < -0.4 is 5.32 Å². The molecule has 2 atom stereocenters. The summed E-state index contributed by atoms with van der Waals surface area (Å²) in [5, 5.41) is 4.26. The van der Waals surface area contributed by atoms with Gasteiger partial charge in [0.05, 0.1) is 18.5 Å². The maximum atomic E-state index is 5.17. The van der Waals surface area contributed by atoms with Crippen molar-refractivity contribution in [2.75, 3.05) is 26.0 Å². The molecule has 2 nitrogen and oxygen atoms in total. The molecule has 0 spiro atoms. The minimum atomic E-state index is 0.799. The number of rotatable bonds is 5. The van der Waals surface area contributed by atoms with Crippen LogP contribution in [0.3, 0.4) is 0 Å². The third kappa shape index (κ3) is 2.65. The zero-order valence-electron chi connectivity index (χ0n) is 9.00. The summed E-state index contributed by atoms with van der Waals surface area (Å²) >= 11 is 2.11. The Morgan fingerprint density at radius 3 is 2.86 bits per heavy atom. The van der Waals surface area contributed by atoms with E-state index >= 15 is 0 Å². The van der Waals surface area contributed by atoms with Crippen LogP contribution in [0.5, 0.6) is 0 Å². The summed E-state index contributed by atoms with van der Waals surface area (Å²) in [6, 6.07) is 0.799. The Balaban J connectivity index is 1.59. The Labute approximate surface area is 91.2 Å². The van der Waals surface area contributed by atoms with E-state index in [0.717, 1.165) is 30.4 Å². The second-order valence-electron chi connectivity index (χ2n) is 4.41. The molecule has 1 heterocycles. The van der Waals surface area contributed by atoms with Gasteiger partial charge in [-0.2, -0.15) is 11.8 Å². The molecule has 0 amide bonds. The monoisotopic (exact) mass is 215 g/mol. The molecule has 2 rings (SSSR count). The second-order valence-corrected chi connectivity index (χ2v) is 5.81. The van der Waals surface area contributed by atoms with Gasteiger partial charge in [0.15, 0.2) is 0 Å². The number of hydrogen-bond donors (Lipinski definition) is 1. The minimum Gasteiger partial charge on any atom is -0.379 e. The summed E-state index contributed by atoms with van der Waals surface area (Å²) in [5.41, 5.74) is 0. The van der Waals surface area contributed by atoms with Gasteiger partial charge in [-0.05, 0) is 38.0 Å². The molecule has 1 saturated carbocycles. The number of ether oxygens (including phenoxy) is 1. The van der Waals surface area contributed by atoms with Crippen LogP contribution in [-0.2, 0) is 4.74 Å². The smallest absolute Gasteiger partial charge is 0.0607 e. The molecule has 1 saturated heterocycles. The van der Waals surface area contributed by atoms with Crippen molar-refractivity contribution in [2.24, 2.45) is 5.92 Å². The standard InChI is InChI=1S/C11H21NOS/c1-12-11-4-2-3-9(11)5-6-14-10-7-13-8-10/h9-12H,2-8H2,1H3. The topological polar surface area (TPSA) is 21.3 Å². The first-order valence-electron chi connectivity index (χ1n) is 5.76. The molecule has 0 radical (unpaired) electrons. The van der Waals surface area contributed by atoms with E-state index in [9.17, 15) is 0 Å². The highest BCUT2D eigenvalue weighted by Crippen LogP contribution is 2.30. The van der Waals surface area contributed by atoms with Crippen molar-refractivity contribution >= 4 is 11.8 Å². The Hall–Kier alpha value is 0.270. The lowest BCUT2D eigenvalue weighted by Gasteiger charge is -2.26. The van der Waals surface area contributed by atoms with Crippen molar-refractivity contribution in [3.8, 4) is 0 Å². The van der Waals surface area contributed by atoms with Crippen molar-refractivity contribution < 1.29 is 4.74 Å². The van der Waals surface area contributed by atoms with E-state index < -0.39 is 0 Å². The molecule has 3 heteroatoms. The predicted molar refractivity (Wildman–Crippen MR) is 61.9 cm³/mol. The Morgan fingerprint density at radius 2 is 2.21 bits per heavy atom. The highest BCUT2D eigenvalue weighted by Gasteiger charge is 2.26. The van der Waals surface area contributed by atoms with E-state index in [1.54, 1.807) is 0 Å². The normalized spacial score (nSPS) is 33.2. The Bertz CT molecular complexity index is 173. The van der Waals surface area contributed by atoms with Gasteiger partial charge in [-0.1, -0.05) is 6.42 Å². The fraction of sp³-hybridized carbons (Fsp3) is 1.00. The zero-order chi connectivity index (χ0) is 9.80. The molecule has 1 aliphatic carbocycles. The summed E-state index contributed by atoms with van der Waals surface area (Å²) in [6.45, 7) is 1.98. The third-order valence-electron chi connectivity index (χ3n) is 3.48. The first-order valence-corrected chi connectivity index (χ1v) is 6.81. The van der Waals surface area contributed by atoms with E-state index in [1.807, 2.05) is 0 Å². The van der Waals surface area contributed by atoms with Gasteiger partial charge >= 0.3 is 0 Å². The van der Waals surface area contributed by atoms with Crippen molar-refractivity contribution in [1.29, 1.82) is 0 Å². The third-order valence-corrected chi connectivity index (χ3v) is 4.69. The summed E-state index contributed by atoms with van der Waals surface area (Å²) < 4.78 is 5.17. The average Bonchev–Trinajstić information content (AvgIpc) is 2.56. The molecule has 0 aromatic carbocycles. The highest BCUT2D eigenvalue weighted by molar-refractivity contribution is 8.00. The summed E-state index contributed by atoms with van der Waals surface area (Å²) in [7, 11) is 2.11. The molecule has 2 fully saturated rings. The van der Waals surface area contributed by atoms with E-state index in [4.69, 9.17) is 4.74 Å². The summed E-state index contributed by atoms with van der Waals surface area (Å²) in [6.07, 6.45) is 5.64. The molecule has 0 bridgehead atoms. The zero-order valence-corrected chi connectivity index (χ0v) is 9.81. The molecule has 2 aliphatic rings. The van der Waals surface area contributed by atoms with Gasteiger partial charge in [-0.25, -0.2) is 0 Å². The van der Waals surface area contributed by atoms with Crippen LogP contribution in [-0.4, -0.2) is 37.3 Å². The molecular formula is C11H21NOS. The van der Waals surface area contributed by atoms with Gasteiger partial charge in [-0.15, -0.1) is 0 Å². The lowest BCUT2D eigenvalue weighted by molar-refractivity contribution is 0.0455. The highest BCUT2D eigenvalue weighted by atomic mass is 32.2. The predicted octanol–water partition coefficient (Wildman–Crippen LogP) is 1.90. The molecule has 0 aromatic heterocycles.